The summed E-state index contributed by atoms with van der Waals surface area (Å²) in [7, 11) is -2.04. The van der Waals surface area contributed by atoms with Gasteiger partial charge in [-0.2, -0.15) is 8.42 Å². The molecule has 3 aromatic carbocycles. The minimum atomic E-state index is -3.63. The van der Waals surface area contributed by atoms with E-state index >= 15 is 0 Å². The Morgan fingerprint density at radius 1 is 0.909 bits per heavy atom. The molecule has 0 bridgehead atoms. The van der Waals surface area contributed by atoms with Gasteiger partial charge in [0.05, 0.1) is 18.3 Å². The average Bonchev–Trinajstić information content (AvgIpc) is 2.83. The van der Waals surface area contributed by atoms with E-state index in [1.807, 2.05) is 66.7 Å². The summed E-state index contributed by atoms with van der Waals surface area (Å²) in [5.74, 6) is -0.414. The molecule has 0 aromatic heterocycles. The lowest BCUT2D eigenvalue weighted by Crippen LogP contribution is -2.37. The van der Waals surface area contributed by atoms with Crippen molar-refractivity contribution in [3.63, 3.8) is 0 Å². The second-order valence-electron chi connectivity index (χ2n) is 7.58. The zero-order valence-corrected chi connectivity index (χ0v) is 19.7. The maximum Gasteiger partial charge on any atom is 0.308 e. The molecule has 0 fully saturated rings. The molecular weight excluding hydrogens is 438 g/mol. The molecule has 0 atom stereocenters. The first-order chi connectivity index (χ1) is 15.9. The van der Waals surface area contributed by atoms with E-state index in [2.05, 4.69) is 0 Å². The van der Waals surface area contributed by atoms with Crippen LogP contribution in [0.1, 0.15) is 29.5 Å². The summed E-state index contributed by atoms with van der Waals surface area (Å²) < 4.78 is 34.1. The van der Waals surface area contributed by atoms with Crippen LogP contribution in [-0.4, -0.2) is 45.2 Å². The van der Waals surface area contributed by atoms with E-state index in [9.17, 15) is 13.2 Å². The van der Waals surface area contributed by atoms with Gasteiger partial charge in [0.2, 0.25) is 5.91 Å². The molecule has 7 heteroatoms. The minimum Gasteiger partial charge on any atom is -0.383 e. The average molecular weight is 468 g/mol. The van der Waals surface area contributed by atoms with Crippen LogP contribution in [0.4, 0.5) is 0 Å². The highest BCUT2D eigenvalue weighted by Crippen LogP contribution is 2.28. The molecule has 3 rings (SSSR count). The van der Waals surface area contributed by atoms with Crippen LogP contribution in [-0.2, 0) is 26.2 Å². The van der Waals surface area contributed by atoms with E-state index in [1.54, 1.807) is 30.2 Å². The highest BCUT2D eigenvalue weighted by Gasteiger charge is 2.27. The predicted molar refractivity (Wildman–Crippen MR) is 129 cm³/mol. The molecule has 0 heterocycles. The zero-order chi connectivity index (χ0) is 23.7. The summed E-state index contributed by atoms with van der Waals surface area (Å²) in [6.07, 6.45) is 0. The molecule has 33 heavy (non-hydrogen) atoms. The molecule has 0 aliphatic heterocycles. The molecule has 1 amide bonds. The van der Waals surface area contributed by atoms with Crippen molar-refractivity contribution in [1.82, 2.24) is 4.90 Å². The first-order valence-electron chi connectivity index (χ1n) is 10.8. The second kappa shape index (κ2) is 11.6. The van der Waals surface area contributed by atoms with Gasteiger partial charge in [-0.25, -0.2) is 0 Å². The van der Waals surface area contributed by atoms with Gasteiger partial charge >= 0.3 is 10.1 Å². The van der Waals surface area contributed by atoms with Gasteiger partial charge in [0.1, 0.15) is 5.75 Å². The maximum atomic E-state index is 13.9. The first kappa shape index (κ1) is 24.5. The third-order valence-electron chi connectivity index (χ3n) is 5.24. The normalized spacial score (nSPS) is 11.4. The van der Waals surface area contributed by atoms with Crippen LogP contribution < -0.4 is 4.18 Å². The number of benzene rings is 3. The molecule has 3 aromatic rings. The minimum absolute atomic E-state index is 0.0584. The van der Waals surface area contributed by atoms with Crippen molar-refractivity contribution in [3.05, 3.63) is 102 Å². The number of amides is 1. The van der Waals surface area contributed by atoms with Gasteiger partial charge in [-0.05, 0) is 35.7 Å². The standard InChI is InChI=1S/C26H29NO5S/c1-3-33(29,30)32-24-16-10-11-21(19-24)20-27(17-18-31-2)26(28)25(22-12-6-4-7-13-22)23-14-8-5-9-15-23/h4-16,19,25H,3,17-18,20H2,1-2H3. The summed E-state index contributed by atoms with van der Waals surface area (Å²) in [5.41, 5.74) is 2.58. The predicted octanol–water partition coefficient (Wildman–Crippen LogP) is 4.22. The summed E-state index contributed by atoms with van der Waals surface area (Å²) >= 11 is 0. The van der Waals surface area contributed by atoms with Gasteiger partial charge in [0, 0.05) is 20.2 Å². The van der Waals surface area contributed by atoms with Crippen LogP contribution >= 0.6 is 0 Å². The van der Waals surface area contributed by atoms with Crippen molar-refractivity contribution >= 4 is 16.0 Å². The van der Waals surface area contributed by atoms with Gasteiger partial charge in [0.25, 0.3) is 0 Å². The largest absolute Gasteiger partial charge is 0.383 e. The van der Waals surface area contributed by atoms with E-state index < -0.39 is 16.0 Å². The Morgan fingerprint density at radius 2 is 1.52 bits per heavy atom. The number of carbonyl (C=O) groups excluding carboxylic acids is 1. The Hall–Kier alpha value is -3.16. The van der Waals surface area contributed by atoms with Crippen LogP contribution in [0.25, 0.3) is 0 Å². The first-order valence-corrected chi connectivity index (χ1v) is 12.4. The van der Waals surface area contributed by atoms with Crippen molar-refractivity contribution in [3.8, 4) is 5.75 Å². The lowest BCUT2D eigenvalue weighted by atomic mass is 9.90. The van der Waals surface area contributed by atoms with Gasteiger partial charge in [0.15, 0.2) is 0 Å². The fourth-order valence-electron chi connectivity index (χ4n) is 3.54. The monoisotopic (exact) mass is 467 g/mol. The number of nitrogens with zero attached hydrogens (tertiary/aromatic N) is 1. The number of methoxy groups -OCH3 is 1. The van der Waals surface area contributed by atoms with Crippen molar-refractivity contribution < 1.29 is 22.1 Å². The van der Waals surface area contributed by atoms with Gasteiger partial charge in [-0.1, -0.05) is 72.8 Å². The molecule has 6 nitrogen and oxygen atoms in total. The van der Waals surface area contributed by atoms with E-state index in [1.165, 1.54) is 6.92 Å². The molecule has 0 saturated carbocycles. The van der Waals surface area contributed by atoms with E-state index in [-0.39, 0.29) is 17.4 Å². The van der Waals surface area contributed by atoms with Crippen LogP contribution in [0.15, 0.2) is 84.9 Å². The van der Waals surface area contributed by atoms with Crippen LogP contribution in [0.5, 0.6) is 5.75 Å². The van der Waals surface area contributed by atoms with Crippen LogP contribution in [0.2, 0.25) is 0 Å². The fraction of sp³-hybridized carbons (Fsp3) is 0.269. The van der Waals surface area contributed by atoms with Gasteiger partial charge < -0.3 is 13.8 Å². The van der Waals surface area contributed by atoms with Crippen molar-refractivity contribution in [2.75, 3.05) is 26.0 Å². The lowest BCUT2D eigenvalue weighted by Gasteiger charge is -2.28. The highest BCUT2D eigenvalue weighted by molar-refractivity contribution is 7.87. The molecule has 174 valence electrons. The smallest absolute Gasteiger partial charge is 0.308 e. The summed E-state index contributed by atoms with van der Waals surface area (Å²) in [5, 5.41) is 0. The molecule has 0 saturated heterocycles. The molecule has 0 N–H and O–H groups in total. The SMILES string of the molecule is CCS(=O)(=O)Oc1cccc(CN(CCOC)C(=O)C(c2ccccc2)c2ccccc2)c1. The summed E-state index contributed by atoms with van der Waals surface area (Å²) in [4.78, 5) is 15.6. The van der Waals surface area contributed by atoms with E-state index in [4.69, 9.17) is 8.92 Å². The van der Waals surface area contributed by atoms with Crippen LogP contribution in [0.3, 0.4) is 0 Å². The number of hydrogen-bond acceptors (Lipinski definition) is 5. The Bertz CT molecular complexity index is 1090. The van der Waals surface area contributed by atoms with Crippen molar-refractivity contribution in [1.29, 1.82) is 0 Å². The molecular formula is C26H29NO5S. The molecule has 0 aliphatic carbocycles. The summed E-state index contributed by atoms with van der Waals surface area (Å²) in [6.45, 7) is 2.59. The Balaban J connectivity index is 1.92. The maximum absolute atomic E-state index is 13.9. The van der Waals surface area contributed by atoms with Gasteiger partial charge in [-0.3, -0.25) is 4.79 Å². The number of ether oxygens (including phenoxy) is 1. The van der Waals surface area contributed by atoms with Crippen molar-refractivity contribution in [2.24, 2.45) is 0 Å². The molecule has 0 unspecified atom stereocenters. The quantitative estimate of drug-likeness (QED) is 0.395. The fourth-order valence-corrected chi connectivity index (χ4v) is 4.06. The topological polar surface area (TPSA) is 72.9 Å². The van der Waals surface area contributed by atoms with Gasteiger partial charge in [-0.15, -0.1) is 0 Å². The molecule has 0 radical (unpaired) electrons. The molecule has 0 spiro atoms. The number of rotatable bonds is 11. The van der Waals surface area contributed by atoms with Crippen LogP contribution in [0, 0.1) is 0 Å². The molecule has 0 aliphatic rings. The zero-order valence-electron chi connectivity index (χ0n) is 18.9. The Labute approximate surface area is 195 Å². The highest BCUT2D eigenvalue weighted by atomic mass is 32.2. The second-order valence-corrected chi connectivity index (χ2v) is 9.44. The Morgan fingerprint density at radius 3 is 2.06 bits per heavy atom. The van der Waals surface area contributed by atoms with E-state index in [0.29, 0.717) is 19.7 Å². The number of hydrogen-bond donors (Lipinski definition) is 0. The Kier molecular flexibility index (Phi) is 8.63. The number of carbonyl (C=O) groups is 1. The third-order valence-corrected chi connectivity index (χ3v) is 6.39. The van der Waals surface area contributed by atoms with Crippen molar-refractivity contribution in [2.45, 2.75) is 19.4 Å². The third kappa shape index (κ3) is 6.91. The lowest BCUT2D eigenvalue weighted by molar-refractivity contribution is -0.133. The van der Waals surface area contributed by atoms with E-state index in [0.717, 1.165) is 16.7 Å². The summed E-state index contributed by atoms with van der Waals surface area (Å²) in [6, 6.07) is 26.2.